The maximum atomic E-state index is 8.99. The molecule has 0 bridgehead atoms. The van der Waals surface area contributed by atoms with Crippen LogP contribution in [0.3, 0.4) is 0 Å². The summed E-state index contributed by atoms with van der Waals surface area (Å²) in [5.41, 5.74) is 3.25. The fraction of sp³-hybridized carbons (Fsp3) is 0.308. The zero-order chi connectivity index (χ0) is 12.4. The number of rotatable bonds is 3. The molecule has 1 aromatic heterocycles. The monoisotopic (exact) mass is 294 g/mol. The van der Waals surface area contributed by atoms with Crippen LogP contribution in [0.2, 0.25) is 0 Å². The van der Waals surface area contributed by atoms with Crippen LogP contribution in [0.1, 0.15) is 11.5 Å². The summed E-state index contributed by atoms with van der Waals surface area (Å²) in [7, 11) is 1.99. The van der Waals surface area contributed by atoms with Gasteiger partial charge < -0.3 is 9.67 Å². The van der Waals surface area contributed by atoms with Crippen LogP contribution in [0.5, 0.6) is 0 Å². The number of nitrogens with zero attached hydrogens (tertiary/aromatic N) is 2. The Labute approximate surface area is 109 Å². The average Bonchev–Trinajstić information content (AvgIpc) is 2.57. The van der Waals surface area contributed by atoms with Gasteiger partial charge in [-0.1, -0.05) is 28.1 Å². The van der Waals surface area contributed by atoms with Crippen molar-refractivity contribution in [2.75, 3.05) is 6.61 Å². The third kappa shape index (κ3) is 2.42. The van der Waals surface area contributed by atoms with Gasteiger partial charge in [-0.05, 0) is 19.1 Å². The third-order valence-corrected chi connectivity index (χ3v) is 3.34. The second-order valence-electron chi connectivity index (χ2n) is 4.00. The van der Waals surface area contributed by atoms with Gasteiger partial charge in [-0.2, -0.15) is 0 Å². The van der Waals surface area contributed by atoms with Crippen LogP contribution < -0.4 is 0 Å². The summed E-state index contributed by atoms with van der Waals surface area (Å²) < 4.78 is 3.12. The van der Waals surface area contributed by atoms with E-state index in [0.717, 1.165) is 27.2 Å². The lowest BCUT2D eigenvalue weighted by molar-refractivity contribution is 0.295. The quantitative estimate of drug-likeness (QED) is 0.945. The highest BCUT2D eigenvalue weighted by molar-refractivity contribution is 9.10. The first-order valence-electron chi connectivity index (χ1n) is 5.52. The average molecular weight is 295 g/mol. The maximum Gasteiger partial charge on any atom is 0.111 e. The number of aliphatic hydroxyl groups is 1. The molecule has 1 aromatic carbocycles. The van der Waals surface area contributed by atoms with Crippen molar-refractivity contribution in [2.45, 2.75) is 13.3 Å². The van der Waals surface area contributed by atoms with Crippen LogP contribution >= 0.6 is 15.9 Å². The zero-order valence-electron chi connectivity index (χ0n) is 9.94. The van der Waals surface area contributed by atoms with E-state index < -0.39 is 0 Å². The summed E-state index contributed by atoms with van der Waals surface area (Å²) in [6, 6.07) is 8.18. The fourth-order valence-electron chi connectivity index (χ4n) is 2.03. The van der Waals surface area contributed by atoms with Crippen molar-refractivity contribution in [1.29, 1.82) is 0 Å². The van der Waals surface area contributed by atoms with Gasteiger partial charge in [0.15, 0.2) is 0 Å². The van der Waals surface area contributed by atoms with Gasteiger partial charge in [0.25, 0.3) is 0 Å². The van der Waals surface area contributed by atoms with Gasteiger partial charge in [-0.25, -0.2) is 4.98 Å². The molecule has 0 spiro atoms. The van der Waals surface area contributed by atoms with Crippen LogP contribution in [-0.2, 0) is 13.5 Å². The predicted octanol–water partition coefficient (Wildman–Crippen LogP) is 2.69. The Balaban J connectivity index is 2.48. The van der Waals surface area contributed by atoms with E-state index in [4.69, 9.17) is 5.11 Å². The van der Waals surface area contributed by atoms with E-state index in [-0.39, 0.29) is 6.61 Å². The molecule has 0 amide bonds. The van der Waals surface area contributed by atoms with E-state index in [1.54, 1.807) is 0 Å². The largest absolute Gasteiger partial charge is 0.396 e. The molecule has 4 heteroatoms. The van der Waals surface area contributed by atoms with E-state index in [0.29, 0.717) is 6.42 Å². The summed E-state index contributed by atoms with van der Waals surface area (Å²) in [6.07, 6.45) is 0.591. The normalized spacial score (nSPS) is 10.8. The van der Waals surface area contributed by atoms with Gasteiger partial charge >= 0.3 is 0 Å². The van der Waals surface area contributed by atoms with E-state index in [2.05, 4.69) is 37.6 Å². The summed E-state index contributed by atoms with van der Waals surface area (Å²) in [5, 5.41) is 8.99. The van der Waals surface area contributed by atoms with Crippen molar-refractivity contribution in [3.05, 3.63) is 40.3 Å². The highest BCUT2D eigenvalue weighted by Crippen LogP contribution is 2.25. The van der Waals surface area contributed by atoms with E-state index >= 15 is 0 Å². The molecule has 0 aliphatic heterocycles. The van der Waals surface area contributed by atoms with Crippen LogP contribution in [0.4, 0.5) is 0 Å². The molecule has 0 aliphatic carbocycles. The van der Waals surface area contributed by atoms with Crippen molar-refractivity contribution in [2.24, 2.45) is 7.05 Å². The summed E-state index contributed by atoms with van der Waals surface area (Å²) in [6.45, 7) is 2.13. The van der Waals surface area contributed by atoms with Crippen LogP contribution in [0, 0.1) is 6.92 Å². The first-order valence-corrected chi connectivity index (χ1v) is 6.31. The minimum Gasteiger partial charge on any atom is -0.396 e. The number of hydrogen-bond donors (Lipinski definition) is 1. The molecule has 0 radical (unpaired) electrons. The smallest absolute Gasteiger partial charge is 0.111 e. The lowest BCUT2D eigenvalue weighted by Crippen LogP contribution is -2.02. The Bertz CT molecular complexity index is 517. The van der Waals surface area contributed by atoms with Gasteiger partial charge in [-0.15, -0.1) is 0 Å². The van der Waals surface area contributed by atoms with Crippen molar-refractivity contribution in [3.8, 4) is 11.3 Å². The fourth-order valence-corrected chi connectivity index (χ4v) is 2.29. The minimum absolute atomic E-state index is 0.129. The second-order valence-corrected chi connectivity index (χ2v) is 4.92. The molecule has 1 heterocycles. The first kappa shape index (κ1) is 12.3. The molecule has 90 valence electrons. The van der Waals surface area contributed by atoms with Gasteiger partial charge in [0, 0.05) is 23.5 Å². The molecule has 0 saturated carbocycles. The number of imidazole rings is 1. The molecule has 2 aromatic rings. The Hall–Kier alpha value is -1.13. The number of hydrogen-bond acceptors (Lipinski definition) is 2. The molecule has 3 nitrogen and oxygen atoms in total. The van der Waals surface area contributed by atoms with Crippen LogP contribution in [0.15, 0.2) is 28.7 Å². The zero-order valence-corrected chi connectivity index (χ0v) is 11.5. The summed E-state index contributed by atoms with van der Waals surface area (Å²) in [4.78, 5) is 4.49. The highest BCUT2D eigenvalue weighted by atomic mass is 79.9. The lowest BCUT2D eigenvalue weighted by Gasteiger charge is -2.06. The van der Waals surface area contributed by atoms with Gasteiger partial charge in [0.1, 0.15) is 5.82 Å². The number of aromatic nitrogens is 2. The Morgan fingerprint density at radius 2 is 1.94 bits per heavy atom. The van der Waals surface area contributed by atoms with E-state index in [1.165, 1.54) is 0 Å². The summed E-state index contributed by atoms with van der Waals surface area (Å²) in [5.74, 6) is 0.919. The predicted molar refractivity (Wildman–Crippen MR) is 71.9 cm³/mol. The molecule has 0 unspecified atom stereocenters. The molecule has 1 N–H and O–H groups in total. The van der Waals surface area contributed by atoms with Crippen LogP contribution in [-0.4, -0.2) is 21.3 Å². The minimum atomic E-state index is 0.129. The molecule has 0 aliphatic rings. The first-order chi connectivity index (χ1) is 8.13. The number of aliphatic hydroxyl groups excluding tert-OH is 1. The Morgan fingerprint density at radius 1 is 1.29 bits per heavy atom. The molecule has 0 atom stereocenters. The topological polar surface area (TPSA) is 38.1 Å². The van der Waals surface area contributed by atoms with Crippen molar-refractivity contribution in [1.82, 2.24) is 9.55 Å². The molecule has 0 saturated heterocycles. The van der Waals surface area contributed by atoms with Gasteiger partial charge in [0.05, 0.1) is 18.0 Å². The number of halogens is 1. The maximum absolute atomic E-state index is 8.99. The van der Waals surface area contributed by atoms with E-state index in [1.807, 2.05) is 26.1 Å². The number of aryl methyl sites for hydroxylation is 1. The number of benzene rings is 1. The van der Waals surface area contributed by atoms with Gasteiger partial charge in [-0.3, -0.25) is 0 Å². The van der Waals surface area contributed by atoms with Crippen molar-refractivity contribution < 1.29 is 5.11 Å². The Morgan fingerprint density at radius 3 is 2.53 bits per heavy atom. The molecule has 2 rings (SSSR count). The van der Waals surface area contributed by atoms with Crippen LogP contribution in [0.25, 0.3) is 11.3 Å². The van der Waals surface area contributed by atoms with E-state index in [9.17, 15) is 0 Å². The molecular formula is C13H15BrN2O. The van der Waals surface area contributed by atoms with Crippen molar-refractivity contribution in [3.63, 3.8) is 0 Å². The second kappa shape index (κ2) is 5.02. The third-order valence-electron chi connectivity index (χ3n) is 2.82. The molecule has 0 fully saturated rings. The highest BCUT2D eigenvalue weighted by Gasteiger charge is 2.12. The SMILES string of the molecule is Cc1nc(CCO)n(C)c1-c1ccc(Br)cc1. The molecular weight excluding hydrogens is 280 g/mol. The summed E-state index contributed by atoms with van der Waals surface area (Å²) >= 11 is 3.43. The van der Waals surface area contributed by atoms with Gasteiger partial charge in [0.2, 0.25) is 0 Å². The van der Waals surface area contributed by atoms with Crippen molar-refractivity contribution >= 4 is 15.9 Å². The molecule has 17 heavy (non-hydrogen) atoms. The standard InChI is InChI=1S/C13H15BrN2O/c1-9-13(10-3-5-11(14)6-4-10)16(2)12(15-9)7-8-17/h3-6,17H,7-8H2,1-2H3. The lowest BCUT2D eigenvalue weighted by atomic mass is 10.1. The Kier molecular flexibility index (Phi) is 3.64.